The zero-order valence-electron chi connectivity index (χ0n) is 14.3. The molecule has 25 heavy (non-hydrogen) atoms. The largest absolute Gasteiger partial charge is 0.491 e. The van der Waals surface area contributed by atoms with Gasteiger partial charge in [0.05, 0.1) is 12.2 Å². The fourth-order valence-electron chi connectivity index (χ4n) is 1.93. The van der Waals surface area contributed by atoms with Gasteiger partial charge in [0, 0.05) is 17.7 Å². The number of benzene rings is 1. The van der Waals surface area contributed by atoms with Crippen LogP contribution in [0.1, 0.15) is 45.0 Å². The molecule has 5 nitrogen and oxygen atoms in total. The SMILES string of the molecule is CC(C)Oc1ccc(C=Cc2nnc(C(Cl)(Cl)Cl)o2)c(OC(C)C)c1. The number of ether oxygens (including phenoxy) is 2. The first-order chi connectivity index (χ1) is 11.6. The Kier molecular flexibility index (Phi) is 6.60. The number of hydrogen-bond donors (Lipinski definition) is 0. The molecule has 0 aliphatic rings. The lowest BCUT2D eigenvalue weighted by Gasteiger charge is -2.15. The van der Waals surface area contributed by atoms with E-state index in [2.05, 4.69) is 10.2 Å². The van der Waals surface area contributed by atoms with Crippen molar-refractivity contribution in [1.82, 2.24) is 10.2 Å². The number of nitrogens with zero attached hydrogens (tertiary/aromatic N) is 2. The quantitative estimate of drug-likeness (QED) is 0.582. The fourth-order valence-corrected chi connectivity index (χ4v) is 2.16. The van der Waals surface area contributed by atoms with Crippen LogP contribution in [0.15, 0.2) is 22.6 Å². The number of halogens is 3. The maximum Gasteiger partial charge on any atom is 0.268 e. The summed E-state index contributed by atoms with van der Waals surface area (Å²) in [5, 5.41) is 7.53. The van der Waals surface area contributed by atoms with Crippen molar-refractivity contribution < 1.29 is 13.9 Å². The summed E-state index contributed by atoms with van der Waals surface area (Å²) in [5.41, 5.74) is 0.832. The minimum atomic E-state index is -1.75. The standard InChI is InChI=1S/C17H19Cl3N2O3/c1-10(2)23-13-7-5-12(14(9-13)24-11(3)4)6-8-15-21-22-16(25-15)17(18,19)20/h5-11H,1-4H3. The van der Waals surface area contributed by atoms with Gasteiger partial charge in [-0.2, -0.15) is 0 Å². The van der Waals surface area contributed by atoms with Crippen molar-refractivity contribution >= 4 is 47.0 Å². The lowest BCUT2D eigenvalue weighted by molar-refractivity contribution is 0.229. The highest BCUT2D eigenvalue weighted by Gasteiger charge is 2.29. The van der Waals surface area contributed by atoms with Crippen LogP contribution in [0, 0.1) is 0 Å². The van der Waals surface area contributed by atoms with Crippen LogP contribution in [0.3, 0.4) is 0 Å². The lowest BCUT2D eigenvalue weighted by Crippen LogP contribution is -2.08. The van der Waals surface area contributed by atoms with Crippen LogP contribution in [0.4, 0.5) is 0 Å². The normalized spacial score (nSPS) is 12.4. The predicted octanol–water partition coefficient (Wildman–Crippen LogP) is 5.64. The van der Waals surface area contributed by atoms with Gasteiger partial charge in [0.15, 0.2) is 0 Å². The number of rotatable bonds is 6. The van der Waals surface area contributed by atoms with Crippen LogP contribution >= 0.6 is 34.8 Å². The van der Waals surface area contributed by atoms with E-state index in [1.165, 1.54) is 0 Å². The third-order valence-electron chi connectivity index (χ3n) is 2.81. The number of aromatic nitrogens is 2. The fraction of sp³-hybridized carbons (Fsp3) is 0.412. The highest BCUT2D eigenvalue weighted by atomic mass is 35.6. The zero-order chi connectivity index (χ0) is 18.6. The van der Waals surface area contributed by atoms with Crippen molar-refractivity contribution in [1.29, 1.82) is 0 Å². The van der Waals surface area contributed by atoms with E-state index in [9.17, 15) is 0 Å². The number of alkyl halides is 3. The van der Waals surface area contributed by atoms with Gasteiger partial charge >= 0.3 is 0 Å². The van der Waals surface area contributed by atoms with E-state index in [1.54, 1.807) is 12.2 Å². The molecule has 0 atom stereocenters. The second kappa shape index (κ2) is 8.30. The van der Waals surface area contributed by atoms with Crippen molar-refractivity contribution in [2.75, 3.05) is 0 Å². The molecule has 0 aliphatic carbocycles. The first-order valence-corrected chi connectivity index (χ1v) is 8.84. The summed E-state index contributed by atoms with van der Waals surface area (Å²) >= 11 is 17.1. The molecule has 1 heterocycles. The Bertz CT molecular complexity index is 737. The predicted molar refractivity (Wildman–Crippen MR) is 100 cm³/mol. The molecular formula is C17H19Cl3N2O3. The molecule has 0 bridgehead atoms. The van der Waals surface area contributed by atoms with Crippen LogP contribution in [0.2, 0.25) is 0 Å². The van der Waals surface area contributed by atoms with Crippen molar-refractivity contribution in [3.05, 3.63) is 35.5 Å². The molecular weight excluding hydrogens is 387 g/mol. The van der Waals surface area contributed by atoms with E-state index in [1.807, 2.05) is 45.9 Å². The van der Waals surface area contributed by atoms with Crippen LogP contribution < -0.4 is 9.47 Å². The van der Waals surface area contributed by atoms with Gasteiger partial charge in [-0.15, -0.1) is 10.2 Å². The Hall–Kier alpha value is -1.43. The van der Waals surface area contributed by atoms with Gasteiger partial charge in [0.1, 0.15) is 11.5 Å². The second-order valence-electron chi connectivity index (χ2n) is 5.81. The first kappa shape index (κ1) is 19.9. The molecule has 0 saturated heterocycles. The van der Waals surface area contributed by atoms with Gasteiger partial charge in [-0.05, 0) is 45.9 Å². The maximum absolute atomic E-state index is 5.85. The van der Waals surface area contributed by atoms with E-state index in [0.29, 0.717) is 5.75 Å². The molecule has 0 aliphatic heterocycles. The molecule has 0 amide bonds. The lowest BCUT2D eigenvalue weighted by atomic mass is 10.1. The van der Waals surface area contributed by atoms with Gasteiger partial charge in [-0.1, -0.05) is 34.8 Å². The number of hydrogen-bond acceptors (Lipinski definition) is 5. The molecule has 0 unspecified atom stereocenters. The van der Waals surface area contributed by atoms with Gasteiger partial charge < -0.3 is 13.9 Å². The van der Waals surface area contributed by atoms with E-state index in [4.69, 9.17) is 48.7 Å². The highest BCUT2D eigenvalue weighted by molar-refractivity contribution is 6.66. The van der Waals surface area contributed by atoms with Crippen molar-refractivity contribution in [2.45, 2.75) is 43.7 Å². The summed E-state index contributed by atoms with van der Waals surface area (Å²) in [5.74, 6) is 1.56. The summed E-state index contributed by atoms with van der Waals surface area (Å²) in [6.07, 6.45) is 3.50. The van der Waals surface area contributed by atoms with Gasteiger partial charge in [0.25, 0.3) is 9.68 Å². The van der Waals surface area contributed by atoms with E-state index in [0.717, 1.165) is 11.3 Å². The summed E-state index contributed by atoms with van der Waals surface area (Å²) in [6.45, 7) is 7.84. The summed E-state index contributed by atoms with van der Waals surface area (Å²) < 4.78 is 15.1. The molecule has 0 radical (unpaired) electrons. The summed E-state index contributed by atoms with van der Waals surface area (Å²) in [6, 6.07) is 5.60. The van der Waals surface area contributed by atoms with E-state index in [-0.39, 0.29) is 24.0 Å². The molecule has 136 valence electrons. The maximum atomic E-state index is 5.85. The van der Waals surface area contributed by atoms with Crippen LogP contribution in [0.5, 0.6) is 11.5 Å². The monoisotopic (exact) mass is 404 g/mol. The Morgan fingerprint density at radius 1 is 1.00 bits per heavy atom. The average Bonchev–Trinajstić information content (AvgIpc) is 2.94. The molecule has 8 heteroatoms. The Morgan fingerprint density at radius 3 is 2.24 bits per heavy atom. The Labute approximate surface area is 161 Å². The van der Waals surface area contributed by atoms with Gasteiger partial charge in [0.2, 0.25) is 5.89 Å². The van der Waals surface area contributed by atoms with Crippen LogP contribution in [-0.4, -0.2) is 22.4 Å². The molecule has 0 fully saturated rings. The molecule has 1 aromatic carbocycles. The topological polar surface area (TPSA) is 57.4 Å². The zero-order valence-corrected chi connectivity index (χ0v) is 16.6. The van der Waals surface area contributed by atoms with E-state index < -0.39 is 3.79 Å². The van der Waals surface area contributed by atoms with E-state index >= 15 is 0 Å². The highest BCUT2D eigenvalue weighted by Crippen LogP contribution is 2.37. The van der Waals surface area contributed by atoms with Gasteiger partial charge in [-0.25, -0.2) is 0 Å². The molecule has 2 aromatic rings. The molecule has 2 rings (SSSR count). The van der Waals surface area contributed by atoms with Crippen LogP contribution in [0.25, 0.3) is 12.2 Å². The van der Waals surface area contributed by atoms with Gasteiger partial charge in [-0.3, -0.25) is 0 Å². The molecule has 0 N–H and O–H groups in total. The first-order valence-electron chi connectivity index (χ1n) is 7.71. The smallest absolute Gasteiger partial charge is 0.268 e. The van der Waals surface area contributed by atoms with Crippen molar-refractivity contribution in [3.8, 4) is 11.5 Å². The third kappa shape index (κ3) is 6.10. The Morgan fingerprint density at radius 2 is 1.68 bits per heavy atom. The van der Waals surface area contributed by atoms with Crippen molar-refractivity contribution in [2.24, 2.45) is 0 Å². The third-order valence-corrected chi connectivity index (χ3v) is 3.29. The van der Waals surface area contributed by atoms with Crippen LogP contribution in [-0.2, 0) is 3.79 Å². The van der Waals surface area contributed by atoms with Crippen molar-refractivity contribution in [3.63, 3.8) is 0 Å². The molecule has 1 aromatic heterocycles. The second-order valence-corrected chi connectivity index (χ2v) is 8.09. The molecule has 0 spiro atoms. The Balaban J connectivity index is 2.26. The minimum absolute atomic E-state index is 0.0146. The molecule has 0 saturated carbocycles. The average molecular weight is 406 g/mol. The minimum Gasteiger partial charge on any atom is -0.491 e. The summed E-state index contributed by atoms with van der Waals surface area (Å²) in [7, 11) is 0. The summed E-state index contributed by atoms with van der Waals surface area (Å²) in [4.78, 5) is 0.